The summed E-state index contributed by atoms with van der Waals surface area (Å²) in [4.78, 5) is 35.3. The van der Waals surface area contributed by atoms with E-state index in [9.17, 15) is 9.59 Å². The van der Waals surface area contributed by atoms with E-state index in [-0.39, 0.29) is 11.6 Å². The lowest BCUT2D eigenvalue weighted by atomic mass is 10.1. The summed E-state index contributed by atoms with van der Waals surface area (Å²) in [5.74, 6) is 0.919. The number of rotatable bonds is 5. The van der Waals surface area contributed by atoms with Gasteiger partial charge in [0.05, 0.1) is 0 Å². The van der Waals surface area contributed by atoms with E-state index in [1.165, 1.54) is 16.3 Å². The molecular weight excluding hydrogens is 380 g/mol. The van der Waals surface area contributed by atoms with E-state index in [0.29, 0.717) is 34.7 Å². The Bertz CT molecular complexity index is 964. The molecule has 0 saturated carbocycles. The number of aromatic nitrogens is 4. The van der Waals surface area contributed by atoms with E-state index in [2.05, 4.69) is 29.1 Å². The molecule has 1 aliphatic heterocycles. The molecule has 2 aromatic rings. The van der Waals surface area contributed by atoms with Crippen molar-refractivity contribution >= 4 is 41.2 Å². The van der Waals surface area contributed by atoms with Gasteiger partial charge in [-0.15, -0.1) is 0 Å². The predicted molar refractivity (Wildman–Crippen MR) is 111 cm³/mol. The zero-order valence-electron chi connectivity index (χ0n) is 16.5. The maximum atomic E-state index is 13.0. The van der Waals surface area contributed by atoms with Crippen LogP contribution < -0.4 is 15.8 Å². The van der Waals surface area contributed by atoms with Crippen molar-refractivity contribution in [2.45, 2.75) is 37.9 Å². The Kier molecular flexibility index (Phi) is 5.97. The molecule has 1 aliphatic rings. The van der Waals surface area contributed by atoms with Gasteiger partial charge in [-0.25, -0.2) is 9.78 Å². The molecule has 2 N–H and O–H groups in total. The number of amides is 1. The molecule has 10 heteroatoms. The molecule has 0 radical (unpaired) electrons. The molecular formula is C18H26N6O3S. The van der Waals surface area contributed by atoms with Gasteiger partial charge in [0.1, 0.15) is 0 Å². The molecule has 1 saturated heterocycles. The van der Waals surface area contributed by atoms with Crippen LogP contribution in [0.1, 0.15) is 26.7 Å². The van der Waals surface area contributed by atoms with Crippen LogP contribution in [0.15, 0.2) is 16.0 Å². The van der Waals surface area contributed by atoms with Crippen molar-refractivity contribution in [3.05, 3.63) is 16.4 Å². The van der Waals surface area contributed by atoms with Gasteiger partial charge in [0, 0.05) is 32.4 Å². The molecule has 1 amide bonds. The SMILES string of the molecule is CSc1nc2nc(N3CCCC(NC(=O)O)C3)n(/C=C/C(C)C)c2c(=O)n1C. The van der Waals surface area contributed by atoms with Gasteiger partial charge < -0.3 is 15.3 Å². The fraction of sp³-hybridized carbons (Fsp3) is 0.556. The van der Waals surface area contributed by atoms with Crippen LogP contribution in [0.3, 0.4) is 0 Å². The zero-order valence-corrected chi connectivity index (χ0v) is 17.4. The highest BCUT2D eigenvalue weighted by Gasteiger charge is 2.26. The Morgan fingerprint density at radius 2 is 2.14 bits per heavy atom. The summed E-state index contributed by atoms with van der Waals surface area (Å²) in [6.45, 7) is 5.36. The summed E-state index contributed by atoms with van der Waals surface area (Å²) in [6, 6.07) is -0.175. The molecule has 28 heavy (non-hydrogen) atoms. The number of carboxylic acid groups (broad SMARTS) is 1. The summed E-state index contributed by atoms with van der Waals surface area (Å²) >= 11 is 1.40. The first-order valence-corrected chi connectivity index (χ1v) is 10.5. The lowest BCUT2D eigenvalue weighted by Gasteiger charge is -2.33. The van der Waals surface area contributed by atoms with Gasteiger partial charge in [-0.2, -0.15) is 4.98 Å². The largest absolute Gasteiger partial charge is 0.465 e. The molecule has 3 rings (SSSR count). The summed E-state index contributed by atoms with van der Waals surface area (Å²) in [5, 5.41) is 12.2. The van der Waals surface area contributed by atoms with Crippen molar-refractivity contribution < 1.29 is 9.90 Å². The highest BCUT2D eigenvalue weighted by molar-refractivity contribution is 7.98. The molecule has 1 fully saturated rings. The van der Waals surface area contributed by atoms with E-state index in [1.807, 2.05) is 23.4 Å². The van der Waals surface area contributed by atoms with Crippen LogP contribution in [0.25, 0.3) is 17.4 Å². The number of thioether (sulfide) groups is 1. The average molecular weight is 407 g/mol. The third kappa shape index (κ3) is 4.01. The first-order valence-electron chi connectivity index (χ1n) is 9.27. The van der Waals surface area contributed by atoms with E-state index in [1.54, 1.807) is 11.6 Å². The van der Waals surface area contributed by atoms with E-state index < -0.39 is 6.09 Å². The summed E-state index contributed by atoms with van der Waals surface area (Å²) in [5.41, 5.74) is 0.684. The number of nitrogens with one attached hydrogen (secondary N) is 1. The lowest BCUT2D eigenvalue weighted by Crippen LogP contribution is -2.48. The van der Waals surface area contributed by atoms with Gasteiger partial charge in [-0.3, -0.25) is 13.9 Å². The smallest absolute Gasteiger partial charge is 0.404 e. The summed E-state index contributed by atoms with van der Waals surface area (Å²) in [7, 11) is 1.71. The van der Waals surface area contributed by atoms with Crippen LogP contribution in [0.4, 0.5) is 10.7 Å². The van der Waals surface area contributed by atoms with Crippen LogP contribution in [-0.4, -0.2) is 55.7 Å². The maximum absolute atomic E-state index is 13.0. The predicted octanol–water partition coefficient (Wildman–Crippen LogP) is 2.21. The number of nitrogens with zero attached hydrogens (tertiary/aromatic N) is 5. The Labute approximate surface area is 167 Å². The minimum Gasteiger partial charge on any atom is -0.465 e. The standard InChI is InChI=1S/C18H26N6O3S/c1-11(2)7-9-24-13-14(21-17(28-4)22(3)15(13)25)20-16(24)23-8-5-6-12(10-23)19-18(26)27/h7,9,11-12,19H,5-6,8,10H2,1-4H3,(H,26,27)/b9-7+. The molecule has 1 unspecified atom stereocenters. The second kappa shape index (κ2) is 8.26. The second-order valence-electron chi connectivity index (χ2n) is 7.24. The topological polar surface area (TPSA) is 105 Å². The number of imidazole rings is 1. The molecule has 9 nitrogen and oxygen atoms in total. The van der Waals surface area contributed by atoms with Gasteiger partial charge in [0.25, 0.3) is 5.56 Å². The Morgan fingerprint density at radius 3 is 2.79 bits per heavy atom. The van der Waals surface area contributed by atoms with Crippen LogP contribution in [0.5, 0.6) is 0 Å². The first kappa shape index (κ1) is 20.2. The van der Waals surface area contributed by atoms with Crippen LogP contribution in [0.2, 0.25) is 0 Å². The van der Waals surface area contributed by atoms with Crippen LogP contribution in [0, 0.1) is 5.92 Å². The van der Waals surface area contributed by atoms with Gasteiger partial charge in [0.2, 0.25) is 5.95 Å². The van der Waals surface area contributed by atoms with E-state index in [4.69, 9.17) is 5.11 Å². The number of allylic oxidation sites excluding steroid dienone is 1. The van der Waals surface area contributed by atoms with Crippen LogP contribution >= 0.6 is 11.8 Å². The van der Waals surface area contributed by atoms with Gasteiger partial charge >= 0.3 is 6.09 Å². The summed E-state index contributed by atoms with van der Waals surface area (Å²) < 4.78 is 3.32. The van der Waals surface area contributed by atoms with Crippen molar-refractivity contribution in [2.24, 2.45) is 13.0 Å². The monoisotopic (exact) mass is 406 g/mol. The molecule has 3 heterocycles. The third-order valence-electron chi connectivity index (χ3n) is 4.70. The molecule has 0 aliphatic carbocycles. The normalized spacial score (nSPS) is 17.8. The summed E-state index contributed by atoms with van der Waals surface area (Å²) in [6.07, 6.45) is 6.33. The number of carbonyl (C=O) groups is 1. The van der Waals surface area contributed by atoms with Gasteiger partial charge in [-0.05, 0) is 25.0 Å². The number of hydrogen-bond donors (Lipinski definition) is 2. The molecule has 152 valence electrons. The fourth-order valence-corrected chi connectivity index (χ4v) is 3.89. The minimum atomic E-state index is -1.03. The quantitative estimate of drug-likeness (QED) is 0.579. The fourth-order valence-electron chi connectivity index (χ4n) is 3.35. The minimum absolute atomic E-state index is 0.154. The number of hydrogen-bond acceptors (Lipinski definition) is 6. The number of fused-ring (bicyclic) bond motifs is 1. The van der Waals surface area contributed by atoms with Crippen LogP contribution in [-0.2, 0) is 7.05 Å². The highest BCUT2D eigenvalue weighted by atomic mass is 32.2. The molecule has 1 atom stereocenters. The van der Waals surface area contributed by atoms with Crippen molar-refractivity contribution in [3.8, 4) is 0 Å². The molecule has 2 aromatic heterocycles. The van der Waals surface area contributed by atoms with E-state index >= 15 is 0 Å². The Balaban J connectivity index is 2.12. The van der Waals surface area contributed by atoms with Crippen molar-refractivity contribution in [1.29, 1.82) is 0 Å². The third-order valence-corrected chi connectivity index (χ3v) is 5.43. The maximum Gasteiger partial charge on any atom is 0.404 e. The first-order chi connectivity index (χ1) is 13.3. The zero-order chi connectivity index (χ0) is 20.4. The molecule has 0 aromatic carbocycles. The second-order valence-corrected chi connectivity index (χ2v) is 8.01. The lowest BCUT2D eigenvalue weighted by molar-refractivity contribution is 0.188. The van der Waals surface area contributed by atoms with Gasteiger partial charge in [0.15, 0.2) is 16.3 Å². The van der Waals surface area contributed by atoms with Crippen molar-refractivity contribution in [1.82, 2.24) is 24.4 Å². The van der Waals surface area contributed by atoms with Crippen molar-refractivity contribution in [3.63, 3.8) is 0 Å². The molecule has 0 spiro atoms. The number of piperidine rings is 1. The Morgan fingerprint density at radius 1 is 1.39 bits per heavy atom. The van der Waals surface area contributed by atoms with Crippen molar-refractivity contribution in [2.75, 3.05) is 24.2 Å². The Hall–Kier alpha value is -2.49. The number of anilines is 1. The highest BCUT2D eigenvalue weighted by Crippen LogP contribution is 2.25. The molecule has 0 bridgehead atoms. The van der Waals surface area contributed by atoms with E-state index in [0.717, 1.165) is 19.4 Å². The average Bonchev–Trinajstić information content (AvgIpc) is 3.01. The van der Waals surface area contributed by atoms with Gasteiger partial charge in [-0.1, -0.05) is 31.7 Å².